The van der Waals surface area contributed by atoms with E-state index < -0.39 is 0 Å². The lowest BCUT2D eigenvalue weighted by Crippen LogP contribution is -2.36. The van der Waals surface area contributed by atoms with Gasteiger partial charge in [0.05, 0.1) is 11.0 Å². The van der Waals surface area contributed by atoms with Crippen LogP contribution in [0.15, 0.2) is 53.3 Å². The summed E-state index contributed by atoms with van der Waals surface area (Å²) in [5.74, 6) is 0.303. The summed E-state index contributed by atoms with van der Waals surface area (Å²) in [6.07, 6.45) is 1.07. The lowest BCUT2D eigenvalue weighted by atomic mass is 10.1. The van der Waals surface area contributed by atoms with Crippen molar-refractivity contribution in [2.45, 2.75) is 33.4 Å². The molecule has 30 heavy (non-hydrogen) atoms. The van der Waals surface area contributed by atoms with Crippen molar-refractivity contribution in [2.75, 3.05) is 19.6 Å². The molecule has 156 valence electrons. The van der Waals surface area contributed by atoms with E-state index in [9.17, 15) is 9.59 Å². The normalized spacial score (nSPS) is 16.8. The molecule has 6 heteroatoms. The molecule has 0 radical (unpaired) electrons. The molecule has 0 unspecified atom stereocenters. The van der Waals surface area contributed by atoms with E-state index in [0.717, 1.165) is 31.6 Å². The van der Waals surface area contributed by atoms with Crippen LogP contribution >= 0.6 is 0 Å². The zero-order valence-electron chi connectivity index (χ0n) is 17.6. The van der Waals surface area contributed by atoms with Gasteiger partial charge < -0.3 is 5.32 Å². The van der Waals surface area contributed by atoms with Crippen LogP contribution in [0.1, 0.15) is 23.2 Å². The monoisotopic (exact) mass is 404 g/mol. The number of likely N-dealkylation sites (tertiary alicyclic amines) is 1. The summed E-state index contributed by atoms with van der Waals surface area (Å²) < 4.78 is 1.52. The first-order valence-corrected chi connectivity index (χ1v) is 10.5. The Morgan fingerprint density at radius 3 is 2.70 bits per heavy atom. The number of para-hydroxylation sites is 2. The molecule has 1 aromatic heterocycles. The third-order valence-corrected chi connectivity index (χ3v) is 5.80. The van der Waals surface area contributed by atoms with Gasteiger partial charge in [-0.3, -0.25) is 19.1 Å². The number of aryl methyl sites for hydroxylation is 2. The minimum atomic E-state index is -0.214. The third kappa shape index (κ3) is 4.60. The molecular weight excluding hydrogens is 376 g/mol. The van der Waals surface area contributed by atoms with Crippen LogP contribution in [-0.2, 0) is 17.9 Å². The Kier molecular flexibility index (Phi) is 5.95. The first-order chi connectivity index (χ1) is 14.5. The van der Waals surface area contributed by atoms with E-state index in [-0.39, 0.29) is 18.0 Å². The van der Waals surface area contributed by atoms with E-state index in [1.165, 1.54) is 15.7 Å². The number of hydrogen-bond acceptors (Lipinski definition) is 4. The number of benzene rings is 2. The van der Waals surface area contributed by atoms with Crippen molar-refractivity contribution >= 4 is 16.9 Å². The molecule has 3 aromatic rings. The molecule has 0 bridgehead atoms. The second kappa shape index (κ2) is 8.79. The Morgan fingerprint density at radius 2 is 1.90 bits per heavy atom. The lowest BCUT2D eigenvalue weighted by molar-refractivity contribution is -0.121. The minimum Gasteiger partial charge on any atom is -0.354 e. The molecule has 1 fully saturated rings. The lowest BCUT2D eigenvalue weighted by Gasteiger charge is -2.17. The largest absolute Gasteiger partial charge is 0.354 e. The van der Waals surface area contributed by atoms with Gasteiger partial charge in [-0.1, -0.05) is 42.0 Å². The molecule has 2 heterocycles. The Morgan fingerprint density at radius 1 is 1.13 bits per heavy atom. The predicted octanol–water partition coefficient (Wildman–Crippen LogP) is 2.65. The topological polar surface area (TPSA) is 67.2 Å². The summed E-state index contributed by atoms with van der Waals surface area (Å²) in [5, 5.41) is 3.03. The van der Waals surface area contributed by atoms with Gasteiger partial charge in [-0.15, -0.1) is 0 Å². The number of hydrogen-bond donors (Lipinski definition) is 1. The van der Waals surface area contributed by atoms with Gasteiger partial charge in [0, 0.05) is 19.6 Å². The van der Waals surface area contributed by atoms with Crippen molar-refractivity contribution in [2.24, 2.45) is 5.92 Å². The maximum Gasteiger partial charge on any atom is 0.272 e. The van der Waals surface area contributed by atoms with E-state index in [4.69, 9.17) is 0 Å². The van der Waals surface area contributed by atoms with Crippen LogP contribution in [0.25, 0.3) is 11.0 Å². The second-order valence-electron chi connectivity index (χ2n) is 8.26. The van der Waals surface area contributed by atoms with Crippen molar-refractivity contribution < 1.29 is 4.79 Å². The van der Waals surface area contributed by atoms with Crippen molar-refractivity contribution in [1.29, 1.82) is 0 Å². The van der Waals surface area contributed by atoms with Crippen LogP contribution in [-0.4, -0.2) is 40.0 Å². The second-order valence-corrected chi connectivity index (χ2v) is 8.26. The SMILES string of the molecule is Cc1ccc(CN2CC[C@@H](CNC(=O)Cn3c(=O)c(C)nc4ccccc43)C2)cc1. The molecule has 1 N–H and O–H groups in total. The molecule has 0 spiro atoms. The highest BCUT2D eigenvalue weighted by Gasteiger charge is 2.23. The average molecular weight is 405 g/mol. The Hall–Kier alpha value is -2.99. The molecule has 1 aliphatic heterocycles. The van der Waals surface area contributed by atoms with E-state index in [1.54, 1.807) is 6.92 Å². The predicted molar refractivity (Wildman–Crippen MR) is 118 cm³/mol. The summed E-state index contributed by atoms with van der Waals surface area (Å²) in [5.41, 5.74) is 4.21. The van der Waals surface area contributed by atoms with E-state index >= 15 is 0 Å². The van der Waals surface area contributed by atoms with Crippen LogP contribution in [0.4, 0.5) is 0 Å². The number of carbonyl (C=O) groups is 1. The number of nitrogens with one attached hydrogen (secondary N) is 1. The zero-order chi connectivity index (χ0) is 21.1. The average Bonchev–Trinajstić information content (AvgIpc) is 3.19. The van der Waals surface area contributed by atoms with Crippen LogP contribution in [0.2, 0.25) is 0 Å². The van der Waals surface area contributed by atoms with Gasteiger partial charge in [-0.25, -0.2) is 4.98 Å². The molecule has 1 atom stereocenters. The van der Waals surface area contributed by atoms with Gasteiger partial charge in [0.1, 0.15) is 12.2 Å². The van der Waals surface area contributed by atoms with Gasteiger partial charge in [0.15, 0.2) is 0 Å². The van der Waals surface area contributed by atoms with Crippen LogP contribution in [0, 0.1) is 19.8 Å². The maximum absolute atomic E-state index is 12.6. The first kappa shape index (κ1) is 20.3. The van der Waals surface area contributed by atoms with Gasteiger partial charge in [-0.05, 0) is 50.4 Å². The van der Waals surface area contributed by atoms with Crippen molar-refractivity contribution in [3.63, 3.8) is 0 Å². The smallest absolute Gasteiger partial charge is 0.272 e. The quantitative estimate of drug-likeness (QED) is 0.686. The highest BCUT2D eigenvalue weighted by Crippen LogP contribution is 2.18. The standard InChI is InChI=1S/C24H28N4O2/c1-17-7-9-19(10-8-17)14-27-12-11-20(15-27)13-25-23(29)16-28-22-6-4-3-5-21(22)26-18(2)24(28)30/h3-10,20H,11-16H2,1-2H3,(H,25,29)/t20-/m0/s1. The Labute approximate surface area is 176 Å². The van der Waals surface area contributed by atoms with E-state index in [0.29, 0.717) is 23.7 Å². The molecule has 1 amide bonds. The number of fused-ring (bicyclic) bond motifs is 1. The first-order valence-electron chi connectivity index (χ1n) is 10.5. The van der Waals surface area contributed by atoms with Gasteiger partial charge in [0.25, 0.3) is 5.56 Å². The number of amides is 1. The summed E-state index contributed by atoms with van der Waals surface area (Å²) >= 11 is 0. The van der Waals surface area contributed by atoms with E-state index in [2.05, 4.69) is 46.4 Å². The molecule has 2 aromatic carbocycles. The van der Waals surface area contributed by atoms with Crippen LogP contribution < -0.4 is 10.9 Å². The van der Waals surface area contributed by atoms with Crippen LogP contribution in [0.5, 0.6) is 0 Å². The molecule has 0 saturated carbocycles. The molecule has 6 nitrogen and oxygen atoms in total. The summed E-state index contributed by atoms with van der Waals surface area (Å²) in [7, 11) is 0. The number of carbonyl (C=O) groups excluding carboxylic acids is 1. The summed E-state index contributed by atoms with van der Waals surface area (Å²) in [4.78, 5) is 31.9. The third-order valence-electron chi connectivity index (χ3n) is 5.80. The number of rotatable bonds is 6. The number of nitrogens with zero attached hydrogens (tertiary/aromatic N) is 3. The molecule has 4 rings (SSSR count). The van der Waals surface area contributed by atoms with Crippen molar-refractivity contribution in [3.8, 4) is 0 Å². The van der Waals surface area contributed by atoms with E-state index in [1.807, 2.05) is 24.3 Å². The molecular formula is C24H28N4O2. The molecule has 1 saturated heterocycles. The Bertz CT molecular complexity index is 1100. The van der Waals surface area contributed by atoms with Crippen molar-refractivity contribution in [3.05, 3.63) is 75.7 Å². The van der Waals surface area contributed by atoms with Gasteiger partial charge >= 0.3 is 0 Å². The fourth-order valence-electron chi connectivity index (χ4n) is 4.11. The highest BCUT2D eigenvalue weighted by atomic mass is 16.2. The fraction of sp³-hybridized carbons (Fsp3) is 0.375. The van der Waals surface area contributed by atoms with Crippen LogP contribution in [0.3, 0.4) is 0 Å². The summed E-state index contributed by atoms with van der Waals surface area (Å²) in [6.45, 7) is 7.41. The van der Waals surface area contributed by atoms with Crippen molar-refractivity contribution in [1.82, 2.24) is 19.8 Å². The molecule has 1 aliphatic rings. The maximum atomic E-state index is 12.6. The number of aromatic nitrogens is 2. The molecule has 0 aliphatic carbocycles. The summed E-state index contributed by atoms with van der Waals surface area (Å²) in [6, 6.07) is 16.1. The highest BCUT2D eigenvalue weighted by molar-refractivity contribution is 5.80. The minimum absolute atomic E-state index is 0.0164. The van der Waals surface area contributed by atoms with Gasteiger partial charge in [-0.2, -0.15) is 0 Å². The zero-order valence-corrected chi connectivity index (χ0v) is 17.6. The fourth-order valence-corrected chi connectivity index (χ4v) is 4.11. The van der Waals surface area contributed by atoms with Gasteiger partial charge in [0.2, 0.25) is 5.91 Å². The Balaban J connectivity index is 1.33.